The van der Waals surface area contributed by atoms with Gasteiger partial charge in [0.05, 0.1) is 11.9 Å². The topological polar surface area (TPSA) is 65.0 Å². The fraction of sp³-hybridized carbons (Fsp3) is 0.208. The van der Waals surface area contributed by atoms with Gasteiger partial charge in [0.1, 0.15) is 6.54 Å². The van der Waals surface area contributed by atoms with Crippen LogP contribution in [0, 0.1) is 0 Å². The van der Waals surface area contributed by atoms with Crippen LogP contribution in [0.15, 0.2) is 65.8 Å². The summed E-state index contributed by atoms with van der Waals surface area (Å²) in [5.41, 5.74) is 5.96. The predicted molar refractivity (Wildman–Crippen MR) is 121 cm³/mol. The molecule has 0 saturated carbocycles. The molecule has 2 amide bonds. The third-order valence-electron chi connectivity index (χ3n) is 5.38. The van der Waals surface area contributed by atoms with Gasteiger partial charge in [-0.1, -0.05) is 36.4 Å². The summed E-state index contributed by atoms with van der Waals surface area (Å²) >= 11 is 0. The average molecular weight is 400 g/mol. The van der Waals surface area contributed by atoms with Crippen LogP contribution in [0.25, 0.3) is 10.8 Å². The van der Waals surface area contributed by atoms with Crippen molar-refractivity contribution in [2.75, 3.05) is 29.4 Å². The molecule has 6 heteroatoms. The molecule has 1 aliphatic rings. The number of amides is 2. The van der Waals surface area contributed by atoms with Gasteiger partial charge in [-0.25, -0.2) is 5.43 Å². The van der Waals surface area contributed by atoms with Crippen molar-refractivity contribution in [1.29, 1.82) is 0 Å². The maximum absolute atomic E-state index is 12.7. The molecule has 3 aromatic carbocycles. The van der Waals surface area contributed by atoms with E-state index in [9.17, 15) is 9.59 Å². The summed E-state index contributed by atoms with van der Waals surface area (Å²) < 4.78 is 0. The molecule has 1 N–H and O–H groups in total. The van der Waals surface area contributed by atoms with E-state index < -0.39 is 0 Å². The Labute approximate surface area is 175 Å². The van der Waals surface area contributed by atoms with Crippen molar-refractivity contribution in [2.24, 2.45) is 5.10 Å². The van der Waals surface area contributed by atoms with Gasteiger partial charge in [-0.15, -0.1) is 0 Å². The van der Waals surface area contributed by atoms with Crippen molar-refractivity contribution in [3.8, 4) is 0 Å². The molecule has 0 atom stereocenters. The van der Waals surface area contributed by atoms with Gasteiger partial charge >= 0.3 is 0 Å². The Bertz CT molecular complexity index is 1110. The SMILES string of the molecule is CCN(CC)c1ccc(/C=N/NC(=O)CN2C(=O)c3cccc4cccc2c34)cc1. The predicted octanol–water partition coefficient (Wildman–Crippen LogP) is 3.80. The van der Waals surface area contributed by atoms with Crippen molar-refractivity contribution in [3.63, 3.8) is 0 Å². The molecule has 3 aromatic rings. The molecule has 6 nitrogen and oxygen atoms in total. The second-order valence-corrected chi connectivity index (χ2v) is 7.13. The van der Waals surface area contributed by atoms with Crippen LogP contribution in [0.4, 0.5) is 11.4 Å². The van der Waals surface area contributed by atoms with E-state index in [-0.39, 0.29) is 18.4 Å². The number of rotatable bonds is 7. The summed E-state index contributed by atoms with van der Waals surface area (Å²) in [7, 11) is 0. The first-order valence-electron chi connectivity index (χ1n) is 10.1. The van der Waals surface area contributed by atoms with Crippen LogP contribution < -0.4 is 15.2 Å². The van der Waals surface area contributed by atoms with Crippen LogP contribution in [0.3, 0.4) is 0 Å². The summed E-state index contributed by atoms with van der Waals surface area (Å²) in [4.78, 5) is 28.9. The van der Waals surface area contributed by atoms with E-state index in [1.807, 2.05) is 54.6 Å². The zero-order chi connectivity index (χ0) is 21.1. The normalized spacial score (nSPS) is 12.7. The van der Waals surface area contributed by atoms with Gasteiger partial charge in [0.15, 0.2) is 0 Å². The Morgan fingerprint density at radius 2 is 1.73 bits per heavy atom. The van der Waals surface area contributed by atoms with E-state index in [1.54, 1.807) is 12.3 Å². The molecular formula is C24H24N4O2. The third-order valence-corrected chi connectivity index (χ3v) is 5.38. The van der Waals surface area contributed by atoms with E-state index in [4.69, 9.17) is 0 Å². The fourth-order valence-electron chi connectivity index (χ4n) is 3.85. The largest absolute Gasteiger partial charge is 0.372 e. The smallest absolute Gasteiger partial charge is 0.260 e. The van der Waals surface area contributed by atoms with Gasteiger partial charge in [-0.05, 0) is 49.1 Å². The highest BCUT2D eigenvalue weighted by atomic mass is 16.2. The molecule has 1 heterocycles. The number of nitrogens with one attached hydrogen (secondary N) is 1. The number of carbonyl (C=O) groups is 2. The number of nitrogens with zero attached hydrogens (tertiary/aromatic N) is 3. The Morgan fingerprint density at radius 3 is 2.43 bits per heavy atom. The molecule has 0 fully saturated rings. The zero-order valence-corrected chi connectivity index (χ0v) is 17.1. The lowest BCUT2D eigenvalue weighted by Crippen LogP contribution is -2.37. The number of carbonyl (C=O) groups excluding carboxylic acids is 2. The van der Waals surface area contributed by atoms with Crippen LogP contribution in [0.1, 0.15) is 29.8 Å². The number of hydrazone groups is 1. The molecule has 0 aromatic heterocycles. The molecule has 1 aliphatic heterocycles. The first-order valence-corrected chi connectivity index (χ1v) is 10.1. The number of hydrogen-bond acceptors (Lipinski definition) is 4. The molecule has 0 spiro atoms. The number of anilines is 2. The lowest BCUT2D eigenvalue weighted by atomic mass is 10.1. The van der Waals surface area contributed by atoms with Crippen molar-refractivity contribution in [3.05, 3.63) is 71.8 Å². The van der Waals surface area contributed by atoms with Crippen molar-refractivity contribution < 1.29 is 9.59 Å². The lowest BCUT2D eigenvalue weighted by Gasteiger charge is -2.20. The van der Waals surface area contributed by atoms with E-state index in [0.717, 1.165) is 40.8 Å². The summed E-state index contributed by atoms with van der Waals surface area (Å²) in [6.45, 7) is 6.07. The molecule has 0 aliphatic carbocycles. The second-order valence-electron chi connectivity index (χ2n) is 7.13. The van der Waals surface area contributed by atoms with Gasteiger partial charge in [0.25, 0.3) is 11.8 Å². The van der Waals surface area contributed by atoms with E-state index >= 15 is 0 Å². The number of hydrogen-bond donors (Lipinski definition) is 1. The van der Waals surface area contributed by atoms with Crippen LogP contribution >= 0.6 is 0 Å². The van der Waals surface area contributed by atoms with E-state index in [2.05, 4.69) is 29.3 Å². The molecule has 0 saturated heterocycles. The van der Waals surface area contributed by atoms with Crippen molar-refractivity contribution >= 4 is 40.2 Å². The minimum Gasteiger partial charge on any atom is -0.372 e. The fourth-order valence-corrected chi connectivity index (χ4v) is 3.85. The molecular weight excluding hydrogens is 376 g/mol. The Morgan fingerprint density at radius 1 is 1.03 bits per heavy atom. The summed E-state index contributed by atoms with van der Waals surface area (Å²) in [5, 5.41) is 5.94. The van der Waals surface area contributed by atoms with Gasteiger partial charge in [0.2, 0.25) is 0 Å². The minimum atomic E-state index is -0.343. The van der Waals surface area contributed by atoms with Crippen molar-refractivity contribution in [2.45, 2.75) is 13.8 Å². The Balaban J connectivity index is 1.40. The molecule has 0 radical (unpaired) electrons. The second kappa shape index (κ2) is 8.37. The molecule has 30 heavy (non-hydrogen) atoms. The molecule has 4 rings (SSSR count). The minimum absolute atomic E-state index is 0.0785. The van der Waals surface area contributed by atoms with Gasteiger partial charge in [0, 0.05) is 29.7 Å². The molecule has 152 valence electrons. The standard InChI is InChI=1S/C24H24N4O2/c1-3-27(4-2)19-13-11-17(12-14-19)15-25-26-22(29)16-28-21-10-6-8-18-7-5-9-20(23(18)21)24(28)30/h5-15H,3-4,16H2,1-2H3,(H,26,29)/b25-15+. The highest BCUT2D eigenvalue weighted by Crippen LogP contribution is 2.36. The van der Waals surface area contributed by atoms with E-state index in [1.165, 1.54) is 4.90 Å². The van der Waals surface area contributed by atoms with Gasteiger partial charge in [-0.3, -0.25) is 14.5 Å². The first-order chi connectivity index (χ1) is 14.6. The highest BCUT2D eigenvalue weighted by Gasteiger charge is 2.30. The average Bonchev–Trinajstić information content (AvgIpc) is 3.04. The summed E-state index contributed by atoms with van der Waals surface area (Å²) in [6, 6.07) is 19.4. The summed E-state index contributed by atoms with van der Waals surface area (Å²) in [5.74, 6) is -0.503. The summed E-state index contributed by atoms with van der Waals surface area (Å²) in [6.07, 6.45) is 1.60. The van der Waals surface area contributed by atoms with Crippen LogP contribution in [-0.4, -0.2) is 37.7 Å². The monoisotopic (exact) mass is 400 g/mol. The van der Waals surface area contributed by atoms with Crippen LogP contribution in [0.5, 0.6) is 0 Å². The maximum atomic E-state index is 12.7. The Hall–Kier alpha value is -3.67. The third kappa shape index (κ3) is 3.64. The van der Waals surface area contributed by atoms with E-state index in [0.29, 0.717) is 5.56 Å². The Kier molecular flexibility index (Phi) is 5.48. The van der Waals surface area contributed by atoms with Gasteiger partial charge in [-0.2, -0.15) is 5.10 Å². The lowest BCUT2D eigenvalue weighted by molar-refractivity contribution is -0.119. The van der Waals surface area contributed by atoms with Gasteiger partial charge < -0.3 is 4.90 Å². The van der Waals surface area contributed by atoms with Crippen LogP contribution in [0.2, 0.25) is 0 Å². The quantitative estimate of drug-likeness (QED) is 0.485. The molecule has 0 unspecified atom stereocenters. The highest BCUT2D eigenvalue weighted by molar-refractivity contribution is 6.26. The maximum Gasteiger partial charge on any atom is 0.260 e. The zero-order valence-electron chi connectivity index (χ0n) is 17.1. The van der Waals surface area contributed by atoms with Crippen molar-refractivity contribution in [1.82, 2.24) is 5.43 Å². The van der Waals surface area contributed by atoms with Crippen LogP contribution in [-0.2, 0) is 4.79 Å². The first kappa shape index (κ1) is 19.6. The molecule has 0 bridgehead atoms. The number of benzene rings is 3.